The van der Waals surface area contributed by atoms with Crippen LogP contribution in [0.2, 0.25) is 0 Å². The van der Waals surface area contributed by atoms with Crippen molar-refractivity contribution in [1.82, 2.24) is 14.8 Å². The second kappa shape index (κ2) is 3.90. The number of hydrogen-bond acceptors (Lipinski definition) is 3. The predicted molar refractivity (Wildman–Crippen MR) is 79.3 cm³/mol. The molecule has 0 atom stereocenters. The van der Waals surface area contributed by atoms with Crippen molar-refractivity contribution in [1.29, 1.82) is 0 Å². The van der Waals surface area contributed by atoms with E-state index in [0.29, 0.717) is 0 Å². The summed E-state index contributed by atoms with van der Waals surface area (Å²) in [6, 6.07) is 12.9. The van der Waals surface area contributed by atoms with Crippen LogP contribution in [0.25, 0.3) is 32.2 Å². The van der Waals surface area contributed by atoms with Gasteiger partial charge in [-0.05, 0) is 35.4 Å². The highest BCUT2D eigenvalue weighted by Gasteiger charge is 2.04. The molecule has 0 saturated heterocycles. The van der Waals surface area contributed by atoms with E-state index in [-0.39, 0.29) is 0 Å². The maximum atomic E-state index is 4.37. The molecule has 0 aliphatic rings. The lowest BCUT2D eigenvalue weighted by Crippen LogP contribution is -1.88. The number of aromatic nitrogens is 3. The molecule has 0 aliphatic heterocycles. The molecule has 0 bridgehead atoms. The molecular weight excluding hydrogens is 254 g/mol. The number of nitrogens with zero attached hydrogens (tertiary/aromatic N) is 3. The molecule has 19 heavy (non-hydrogen) atoms. The number of fused-ring (bicyclic) bond motifs is 2. The van der Waals surface area contributed by atoms with E-state index in [4.69, 9.17) is 0 Å². The fourth-order valence-corrected chi connectivity index (χ4v) is 3.04. The van der Waals surface area contributed by atoms with Gasteiger partial charge in [-0.2, -0.15) is 5.10 Å². The average molecular weight is 265 g/mol. The summed E-state index contributed by atoms with van der Waals surface area (Å²) in [5.74, 6) is 0. The first-order valence-electron chi connectivity index (χ1n) is 6.07. The molecule has 0 spiro atoms. The van der Waals surface area contributed by atoms with E-state index in [1.165, 1.54) is 21.2 Å². The highest BCUT2D eigenvalue weighted by Crippen LogP contribution is 2.28. The fourth-order valence-electron chi connectivity index (χ4n) is 2.38. The van der Waals surface area contributed by atoms with Gasteiger partial charge in [0, 0.05) is 12.4 Å². The predicted octanol–water partition coefficient (Wildman–Crippen LogP) is 3.85. The van der Waals surface area contributed by atoms with Gasteiger partial charge in [-0.25, -0.2) is 4.98 Å². The SMILES string of the molecule is Cn1ncc2cc(-c3ccc4scnc4c3)ccc21. The molecule has 0 N–H and O–H groups in total. The van der Waals surface area contributed by atoms with Crippen LogP contribution >= 0.6 is 11.3 Å². The minimum atomic E-state index is 1.06. The van der Waals surface area contributed by atoms with Gasteiger partial charge >= 0.3 is 0 Å². The van der Waals surface area contributed by atoms with Crippen molar-refractivity contribution in [2.75, 3.05) is 0 Å². The van der Waals surface area contributed by atoms with Crippen molar-refractivity contribution < 1.29 is 0 Å². The van der Waals surface area contributed by atoms with Gasteiger partial charge < -0.3 is 0 Å². The Bertz CT molecular complexity index is 889. The zero-order valence-electron chi connectivity index (χ0n) is 10.4. The Morgan fingerprint density at radius 1 is 1.05 bits per heavy atom. The molecule has 2 heterocycles. The summed E-state index contributed by atoms with van der Waals surface area (Å²) >= 11 is 1.67. The molecule has 4 rings (SSSR count). The lowest BCUT2D eigenvalue weighted by atomic mass is 10.0. The van der Waals surface area contributed by atoms with Crippen LogP contribution in [0.4, 0.5) is 0 Å². The number of rotatable bonds is 1. The van der Waals surface area contributed by atoms with Gasteiger partial charge in [0.1, 0.15) is 0 Å². The van der Waals surface area contributed by atoms with Crippen molar-refractivity contribution in [3.8, 4) is 11.1 Å². The van der Waals surface area contributed by atoms with Crippen LogP contribution in [0, 0.1) is 0 Å². The maximum Gasteiger partial charge on any atom is 0.0818 e. The molecule has 3 nitrogen and oxygen atoms in total. The lowest BCUT2D eigenvalue weighted by Gasteiger charge is -2.02. The summed E-state index contributed by atoms with van der Waals surface area (Å²) in [4.78, 5) is 4.37. The molecule has 0 aliphatic carbocycles. The van der Waals surface area contributed by atoms with Crippen molar-refractivity contribution in [2.45, 2.75) is 0 Å². The molecule has 0 unspecified atom stereocenters. The van der Waals surface area contributed by atoms with Gasteiger partial charge in [0.25, 0.3) is 0 Å². The Hall–Kier alpha value is -2.20. The molecule has 0 fully saturated rings. The average Bonchev–Trinajstić information content (AvgIpc) is 3.04. The third kappa shape index (κ3) is 1.64. The minimum Gasteiger partial charge on any atom is -0.268 e. The van der Waals surface area contributed by atoms with E-state index in [0.717, 1.165) is 11.0 Å². The number of benzene rings is 2. The zero-order chi connectivity index (χ0) is 12.8. The Balaban J connectivity index is 1.92. The molecule has 4 heteroatoms. The van der Waals surface area contributed by atoms with Crippen LogP contribution in [0.3, 0.4) is 0 Å². The first kappa shape index (κ1) is 10.7. The van der Waals surface area contributed by atoms with Crippen LogP contribution in [0.5, 0.6) is 0 Å². The van der Waals surface area contributed by atoms with Gasteiger partial charge in [-0.1, -0.05) is 12.1 Å². The Morgan fingerprint density at radius 3 is 2.84 bits per heavy atom. The van der Waals surface area contributed by atoms with Gasteiger partial charge in [0.2, 0.25) is 0 Å². The Kier molecular flexibility index (Phi) is 2.19. The van der Waals surface area contributed by atoms with Gasteiger partial charge in [-0.3, -0.25) is 4.68 Å². The van der Waals surface area contributed by atoms with Crippen molar-refractivity contribution in [2.24, 2.45) is 7.05 Å². The Morgan fingerprint density at radius 2 is 1.89 bits per heavy atom. The van der Waals surface area contributed by atoms with Crippen molar-refractivity contribution in [3.63, 3.8) is 0 Å². The first-order valence-corrected chi connectivity index (χ1v) is 6.95. The first-order chi connectivity index (χ1) is 9.31. The van der Waals surface area contributed by atoms with Crippen LogP contribution in [0.15, 0.2) is 48.1 Å². The maximum absolute atomic E-state index is 4.37. The molecule has 2 aromatic carbocycles. The topological polar surface area (TPSA) is 30.7 Å². The van der Waals surface area contributed by atoms with E-state index in [1.54, 1.807) is 11.3 Å². The van der Waals surface area contributed by atoms with Gasteiger partial charge in [0.05, 0.1) is 27.4 Å². The third-order valence-corrected chi connectivity index (χ3v) is 4.22. The van der Waals surface area contributed by atoms with Crippen molar-refractivity contribution >= 4 is 32.5 Å². The van der Waals surface area contributed by atoms with E-state index in [2.05, 4.69) is 46.5 Å². The normalized spacial score (nSPS) is 11.4. The summed E-state index contributed by atoms with van der Waals surface area (Å²) in [6.07, 6.45) is 1.90. The van der Waals surface area contributed by atoms with E-state index >= 15 is 0 Å². The van der Waals surface area contributed by atoms with Gasteiger partial charge in [0.15, 0.2) is 0 Å². The smallest absolute Gasteiger partial charge is 0.0818 e. The molecular formula is C15H11N3S. The second-order valence-electron chi connectivity index (χ2n) is 4.58. The monoisotopic (exact) mass is 265 g/mol. The summed E-state index contributed by atoms with van der Waals surface area (Å²) in [5, 5.41) is 5.44. The zero-order valence-corrected chi connectivity index (χ0v) is 11.2. The minimum absolute atomic E-state index is 1.06. The molecule has 4 aromatic rings. The molecule has 92 valence electrons. The van der Waals surface area contributed by atoms with Gasteiger partial charge in [-0.15, -0.1) is 11.3 Å². The van der Waals surface area contributed by atoms with Crippen LogP contribution in [-0.4, -0.2) is 14.8 Å². The Labute approximate surface area is 114 Å². The van der Waals surface area contributed by atoms with Crippen LogP contribution in [0.1, 0.15) is 0 Å². The lowest BCUT2D eigenvalue weighted by molar-refractivity contribution is 0.797. The summed E-state index contributed by atoms with van der Waals surface area (Å²) in [7, 11) is 1.96. The number of thiazole rings is 1. The summed E-state index contributed by atoms with van der Waals surface area (Å²) in [5.41, 5.74) is 6.51. The molecule has 0 radical (unpaired) electrons. The number of aryl methyl sites for hydroxylation is 1. The van der Waals surface area contributed by atoms with Crippen molar-refractivity contribution in [3.05, 3.63) is 48.1 Å². The molecule has 0 saturated carbocycles. The van der Waals surface area contributed by atoms with E-state index < -0.39 is 0 Å². The van der Waals surface area contributed by atoms with E-state index in [9.17, 15) is 0 Å². The second-order valence-corrected chi connectivity index (χ2v) is 5.46. The summed E-state index contributed by atoms with van der Waals surface area (Å²) < 4.78 is 3.12. The number of hydrogen-bond donors (Lipinski definition) is 0. The fraction of sp³-hybridized carbons (Fsp3) is 0.0667. The highest BCUT2D eigenvalue weighted by molar-refractivity contribution is 7.16. The quantitative estimate of drug-likeness (QED) is 0.523. The third-order valence-electron chi connectivity index (χ3n) is 3.41. The van der Waals surface area contributed by atoms with Crippen LogP contribution < -0.4 is 0 Å². The molecule has 2 aromatic heterocycles. The van der Waals surface area contributed by atoms with E-state index in [1.807, 2.05) is 23.4 Å². The molecule has 0 amide bonds. The standard InChI is InChI=1S/C15H11N3S/c1-18-14-4-2-10(6-12(14)8-17-18)11-3-5-15-13(7-11)16-9-19-15/h2-9H,1H3. The highest BCUT2D eigenvalue weighted by atomic mass is 32.1. The largest absolute Gasteiger partial charge is 0.268 e. The van der Waals surface area contributed by atoms with Crippen LogP contribution in [-0.2, 0) is 7.05 Å². The summed E-state index contributed by atoms with van der Waals surface area (Å²) in [6.45, 7) is 0.